The lowest BCUT2D eigenvalue weighted by Gasteiger charge is -2.39. The average Bonchev–Trinajstić information content (AvgIpc) is 2.79. The summed E-state index contributed by atoms with van der Waals surface area (Å²) in [7, 11) is -3.51. The van der Waals surface area contributed by atoms with Crippen molar-refractivity contribution >= 4 is 28.1 Å². The van der Waals surface area contributed by atoms with Crippen molar-refractivity contribution in [3.63, 3.8) is 0 Å². The number of hydrogen-bond donors (Lipinski definition) is 0. The van der Waals surface area contributed by atoms with Crippen LogP contribution in [0.25, 0.3) is 0 Å². The van der Waals surface area contributed by atoms with Crippen LogP contribution in [0, 0.1) is 0 Å². The zero-order valence-corrected chi connectivity index (χ0v) is 18.0. The topological polar surface area (TPSA) is 49.7 Å². The van der Waals surface area contributed by atoms with Gasteiger partial charge in [0.1, 0.15) is 0 Å². The van der Waals surface area contributed by atoms with Gasteiger partial charge in [-0.3, -0.25) is 4.99 Å². The Kier molecular flexibility index (Phi) is 5.78. The lowest BCUT2D eigenvalue weighted by atomic mass is 9.79. The van der Waals surface area contributed by atoms with Crippen LogP contribution in [0.3, 0.4) is 0 Å². The highest BCUT2D eigenvalue weighted by Gasteiger charge is 2.39. The van der Waals surface area contributed by atoms with E-state index in [9.17, 15) is 8.42 Å². The summed E-state index contributed by atoms with van der Waals surface area (Å²) in [6, 6.07) is 27.2. The van der Waals surface area contributed by atoms with Gasteiger partial charge in [0.2, 0.25) is 10.0 Å². The Labute approximate surface area is 183 Å². The van der Waals surface area contributed by atoms with Crippen molar-refractivity contribution in [3.8, 4) is 0 Å². The van der Waals surface area contributed by atoms with E-state index in [0.29, 0.717) is 18.0 Å². The maximum absolute atomic E-state index is 13.1. The molecule has 2 atom stereocenters. The van der Waals surface area contributed by atoms with E-state index in [1.807, 2.05) is 30.3 Å². The molecule has 30 heavy (non-hydrogen) atoms. The molecule has 6 heteroatoms. The molecule has 5 rings (SSSR count). The third-order valence-electron chi connectivity index (χ3n) is 5.88. The van der Waals surface area contributed by atoms with E-state index in [2.05, 4.69) is 30.3 Å². The summed E-state index contributed by atoms with van der Waals surface area (Å²) < 4.78 is 27.9. The number of fused-ring (bicyclic) bond motifs is 3. The van der Waals surface area contributed by atoms with Gasteiger partial charge in [-0.15, -0.1) is 12.4 Å². The van der Waals surface area contributed by atoms with Gasteiger partial charge in [0.25, 0.3) is 0 Å². The number of benzene rings is 3. The molecular weight excluding hydrogens is 416 g/mol. The monoisotopic (exact) mass is 438 g/mol. The maximum Gasteiger partial charge on any atom is 0.243 e. The van der Waals surface area contributed by atoms with Crippen molar-refractivity contribution in [3.05, 3.63) is 102 Å². The molecule has 0 amide bonds. The molecule has 0 spiro atoms. The molecule has 0 aliphatic carbocycles. The van der Waals surface area contributed by atoms with Crippen molar-refractivity contribution in [1.82, 2.24) is 4.31 Å². The Hall–Kier alpha value is -2.47. The third-order valence-corrected chi connectivity index (χ3v) is 7.76. The van der Waals surface area contributed by atoms with Crippen molar-refractivity contribution in [2.45, 2.75) is 23.3 Å². The SMILES string of the molecule is Cl.O=S(=O)(c1ccccc1)N1CC[C@@H]2c3ccccc3C(c3ccccc3)=N[C@H]2C1. The fourth-order valence-corrected chi connectivity index (χ4v) is 5.95. The number of piperidine rings is 1. The molecule has 2 aliphatic heterocycles. The van der Waals surface area contributed by atoms with Crippen molar-refractivity contribution in [2.75, 3.05) is 13.1 Å². The second kappa shape index (κ2) is 8.34. The van der Waals surface area contributed by atoms with Crippen LogP contribution in [0.2, 0.25) is 0 Å². The molecule has 0 radical (unpaired) electrons. The van der Waals surface area contributed by atoms with Gasteiger partial charge in [0.15, 0.2) is 0 Å². The number of nitrogens with zero attached hydrogens (tertiary/aromatic N) is 2. The number of halogens is 1. The van der Waals surface area contributed by atoms with E-state index in [1.54, 1.807) is 28.6 Å². The summed E-state index contributed by atoms with van der Waals surface area (Å²) in [4.78, 5) is 5.43. The molecule has 2 heterocycles. The molecule has 3 aromatic carbocycles. The van der Waals surface area contributed by atoms with Crippen LogP contribution < -0.4 is 0 Å². The van der Waals surface area contributed by atoms with Gasteiger partial charge >= 0.3 is 0 Å². The molecule has 3 aromatic rings. The van der Waals surface area contributed by atoms with Gasteiger partial charge in [-0.1, -0.05) is 72.8 Å². The minimum Gasteiger partial charge on any atom is -0.279 e. The average molecular weight is 439 g/mol. The summed E-state index contributed by atoms with van der Waals surface area (Å²) in [6.45, 7) is 0.926. The van der Waals surface area contributed by atoms with Crippen molar-refractivity contribution < 1.29 is 8.42 Å². The summed E-state index contributed by atoms with van der Waals surface area (Å²) >= 11 is 0. The molecule has 1 saturated heterocycles. The largest absolute Gasteiger partial charge is 0.279 e. The maximum atomic E-state index is 13.1. The predicted octanol–water partition coefficient (Wildman–Crippen LogP) is 4.51. The third kappa shape index (κ3) is 3.58. The number of hydrogen-bond acceptors (Lipinski definition) is 3. The Morgan fingerprint density at radius 1 is 0.833 bits per heavy atom. The molecule has 0 bridgehead atoms. The van der Waals surface area contributed by atoms with Crippen LogP contribution in [0.1, 0.15) is 29.0 Å². The predicted molar refractivity (Wildman–Crippen MR) is 122 cm³/mol. The molecule has 2 aliphatic rings. The van der Waals surface area contributed by atoms with E-state index in [4.69, 9.17) is 4.99 Å². The smallest absolute Gasteiger partial charge is 0.243 e. The van der Waals surface area contributed by atoms with E-state index in [1.165, 1.54) is 11.1 Å². The zero-order valence-electron chi connectivity index (χ0n) is 16.4. The first kappa shape index (κ1) is 20.8. The number of rotatable bonds is 3. The molecule has 4 nitrogen and oxygen atoms in total. The summed E-state index contributed by atoms with van der Waals surface area (Å²) in [5.41, 5.74) is 4.48. The molecule has 0 N–H and O–H groups in total. The van der Waals surface area contributed by atoms with E-state index >= 15 is 0 Å². The summed E-state index contributed by atoms with van der Waals surface area (Å²) in [6.07, 6.45) is 0.777. The Balaban J connectivity index is 0.00000218. The number of sulfonamides is 1. The van der Waals surface area contributed by atoms with Crippen molar-refractivity contribution in [2.24, 2.45) is 4.99 Å². The standard InChI is InChI=1S/C24H22N2O2S.ClH/c27-29(28,19-11-5-2-6-12-19)26-16-15-21-20-13-7-8-14-22(20)24(25-23(21)17-26)18-9-3-1-4-10-18;/h1-14,21,23H,15-17H2;1H/t21-,23+;/m1./s1. The van der Waals surface area contributed by atoms with Gasteiger partial charge in [-0.25, -0.2) is 8.42 Å². The number of aliphatic imine (C=N–C) groups is 1. The Morgan fingerprint density at radius 2 is 1.47 bits per heavy atom. The minimum absolute atomic E-state index is 0. The van der Waals surface area contributed by atoms with Crippen LogP contribution >= 0.6 is 12.4 Å². The highest BCUT2D eigenvalue weighted by Crippen LogP contribution is 2.38. The molecule has 0 unspecified atom stereocenters. The van der Waals surface area contributed by atoms with E-state index in [0.717, 1.165) is 17.7 Å². The second-order valence-electron chi connectivity index (χ2n) is 7.57. The first-order valence-corrected chi connectivity index (χ1v) is 11.4. The lowest BCUT2D eigenvalue weighted by molar-refractivity contribution is 0.285. The molecular formula is C24H23ClN2O2S. The Bertz CT molecular complexity index is 1160. The zero-order chi connectivity index (χ0) is 19.8. The fourth-order valence-electron chi connectivity index (χ4n) is 4.45. The first-order valence-electron chi connectivity index (χ1n) is 9.92. The van der Waals surface area contributed by atoms with Gasteiger partial charge < -0.3 is 0 Å². The minimum atomic E-state index is -3.51. The normalized spacial score (nSPS) is 21.0. The molecule has 154 valence electrons. The van der Waals surface area contributed by atoms with Gasteiger partial charge in [-0.05, 0) is 24.1 Å². The highest BCUT2D eigenvalue weighted by molar-refractivity contribution is 7.89. The van der Waals surface area contributed by atoms with Crippen molar-refractivity contribution in [1.29, 1.82) is 0 Å². The van der Waals surface area contributed by atoms with Gasteiger partial charge in [0, 0.05) is 30.1 Å². The van der Waals surface area contributed by atoms with E-state index < -0.39 is 10.0 Å². The van der Waals surface area contributed by atoms with Gasteiger partial charge in [0.05, 0.1) is 16.6 Å². The van der Waals surface area contributed by atoms with Crippen LogP contribution in [-0.2, 0) is 10.0 Å². The molecule has 1 fully saturated rings. The summed E-state index contributed by atoms with van der Waals surface area (Å²) in [5.74, 6) is 0.251. The van der Waals surface area contributed by atoms with E-state index in [-0.39, 0.29) is 24.4 Å². The highest BCUT2D eigenvalue weighted by atomic mass is 35.5. The van der Waals surface area contributed by atoms with Crippen LogP contribution in [-0.4, -0.2) is 37.6 Å². The molecule has 0 aromatic heterocycles. The second-order valence-corrected chi connectivity index (χ2v) is 9.51. The molecule has 0 saturated carbocycles. The van der Waals surface area contributed by atoms with Crippen LogP contribution in [0.4, 0.5) is 0 Å². The van der Waals surface area contributed by atoms with Crippen LogP contribution in [0.5, 0.6) is 0 Å². The first-order chi connectivity index (χ1) is 14.1. The summed E-state index contributed by atoms with van der Waals surface area (Å²) in [5, 5.41) is 0. The fraction of sp³-hybridized carbons (Fsp3) is 0.208. The van der Waals surface area contributed by atoms with Crippen LogP contribution in [0.15, 0.2) is 94.8 Å². The lowest BCUT2D eigenvalue weighted by Crippen LogP contribution is -2.46. The Morgan fingerprint density at radius 3 is 2.20 bits per heavy atom. The quantitative estimate of drug-likeness (QED) is 0.604. The van der Waals surface area contributed by atoms with Gasteiger partial charge in [-0.2, -0.15) is 4.31 Å².